The lowest BCUT2D eigenvalue weighted by atomic mass is 9.94. The minimum absolute atomic E-state index is 0.00599. The van der Waals surface area contributed by atoms with Gasteiger partial charge in [-0.1, -0.05) is 0 Å². The van der Waals surface area contributed by atoms with Crippen molar-refractivity contribution in [3.8, 4) is 11.5 Å². The van der Waals surface area contributed by atoms with E-state index in [2.05, 4.69) is 4.84 Å². The molecular weight excluding hydrogens is 354 g/mol. The number of rotatable bonds is 12. The molecule has 0 N–H and O–H groups in total. The van der Waals surface area contributed by atoms with Crippen molar-refractivity contribution in [1.82, 2.24) is 0 Å². The number of unbranched alkanes of at least 4 members (excludes halogenated alkanes) is 1. The lowest BCUT2D eigenvalue weighted by Crippen LogP contribution is -2.09. The minimum atomic E-state index is -0.837. The molecule has 0 heterocycles. The van der Waals surface area contributed by atoms with Crippen molar-refractivity contribution in [2.45, 2.75) is 52.9 Å². The normalized spacial score (nSPS) is 10.4. The third kappa shape index (κ3) is 6.62. The van der Waals surface area contributed by atoms with Gasteiger partial charge in [0.1, 0.15) is 11.5 Å². The second kappa shape index (κ2) is 11.3. The standard InChI is InChI=1S/C19H29NO7/c1-13-14(2)19(25-5)16(15(3)18(13)24-4)9-8-11-26-17(21)10-6-7-12-27-20(22)23/h6-12H2,1-5H3. The Morgan fingerprint density at radius 3 is 2.15 bits per heavy atom. The molecule has 1 aromatic carbocycles. The molecule has 0 fully saturated rings. The first kappa shape index (κ1) is 22.5. The summed E-state index contributed by atoms with van der Waals surface area (Å²) in [6, 6.07) is 0. The molecule has 8 nitrogen and oxygen atoms in total. The second-order valence-corrected chi connectivity index (χ2v) is 6.26. The summed E-state index contributed by atoms with van der Waals surface area (Å²) >= 11 is 0. The van der Waals surface area contributed by atoms with Gasteiger partial charge in [-0.15, -0.1) is 10.1 Å². The predicted molar refractivity (Wildman–Crippen MR) is 99.8 cm³/mol. The lowest BCUT2D eigenvalue weighted by molar-refractivity contribution is -0.757. The number of benzene rings is 1. The van der Waals surface area contributed by atoms with Gasteiger partial charge in [-0.3, -0.25) is 4.79 Å². The van der Waals surface area contributed by atoms with E-state index in [-0.39, 0.29) is 19.0 Å². The summed E-state index contributed by atoms with van der Waals surface area (Å²) in [7, 11) is 3.31. The van der Waals surface area contributed by atoms with Gasteiger partial charge in [0.05, 0.1) is 27.4 Å². The number of carbonyl (C=O) groups is 1. The van der Waals surface area contributed by atoms with Crippen LogP contribution in [0.4, 0.5) is 0 Å². The van der Waals surface area contributed by atoms with E-state index in [1.165, 1.54) is 0 Å². The Morgan fingerprint density at radius 2 is 1.56 bits per heavy atom. The van der Waals surface area contributed by atoms with Crippen LogP contribution in [-0.2, 0) is 20.8 Å². The molecule has 0 amide bonds. The van der Waals surface area contributed by atoms with E-state index < -0.39 is 5.09 Å². The van der Waals surface area contributed by atoms with Crippen LogP contribution < -0.4 is 9.47 Å². The summed E-state index contributed by atoms with van der Waals surface area (Å²) in [6.45, 7) is 6.31. The highest BCUT2D eigenvalue weighted by Gasteiger charge is 2.18. The zero-order chi connectivity index (χ0) is 20.4. The third-order valence-electron chi connectivity index (χ3n) is 4.53. The molecule has 0 radical (unpaired) electrons. The van der Waals surface area contributed by atoms with Crippen molar-refractivity contribution < 1.29 is 28.9 Å². The first-order valence-corrected chi connectivity index (χ1v) is 8.97. The van der Waals surface area contributed by atoms with E-state index in [1.807, 2.05) is 20.8 Å². The lowest BCUT2D eigenvalue weighted by Gasteiger charge is -2.20. The van der Waals surface area contributed by atoms with Crippen LogP contribution in [-0.4, -0.2) is 38.5 Å². The highest BCUT2D eigenvalue weighted by Crippen LogP contribution is 2.38. The van der Waals surface area contributed by atoms with Crippen molar-refractivity contribution in [2.24, 2.45) is 0 Å². The summed E-state index contributed by atoms with van der Waals surface area (Å²) in [5, 5.41) is 9.18. The van der Waals surface area contributed by atoms with Crippen LogP contribution in [0, 0.1) is 30.9 Å². The van der Waals surface area contributed by atoms with Gasteiger partial charge < -0.3 is 19.0 Å². The van der Waals surface area contributed by atoms with Gasteiger partial charge in [0.25, 0.3) is 5.09 Å². The SMILES string of the molecule is COc1c(C)c(C)c(OC)c(CCCOC(=O)CCCCO[N+](=O)[O-])c1C. The topological polar surface area (TPSA) is 97.1 Å². The molecule has 0 atom stereocenters. The van der Waals surface area contributed by atoms with Crippen LogP contribution in [0.5, 0.6) is 11.5 Å². The van der Waals surface area contributed by atoms with Crippen LogP contribution in [0.2, 0.25) is 0 Å². The van der Waals surface area contributed by atoms with Crippen molar-refractivity contribution >= 4 is 5.97 Å². The maximum atomic E-state index is 11.7. The van der Waals surface area contributed by atoms with E-state index in [4.69, 9.17) is 14.2 Å². The zero-order valence-corrected chi connectivity index (χ0v) is 16.8. The fourth-order valence-corrected chi connectivity index (χ4v) is 3.06. The fourth-order valence-electron chi connectivity index (χ4n) is 3.06. The first-order chi connectivity index (χ1) is 12.8. The van der Waals surface area contributed by atoms with Gasteiger partial charge >= 0.3 is 5.97 Å². The third-order valence-corrected chi connectivity index (χ3v) is 4.53. The fraction of sp³-hybridized carbons (Fsp3) is 0.632. The van der Waals surface area contributed by atoms with Crippen molar-refractivity contribution in [3.05, 3.63) is 32.4 Å². The number of hydrogen-bond donors (Lipinski definition) is 0. The molecule has 1 aromatic rings. The Hall–Kier alpha value is -2.51. The Bertz CT molecular complexity index is 658. The highest BCUT2D eigenvalue weighted by atomic mass is 16.9. The van der Waals surface area contributed by atoms with Crippen molar-refractivity contribution in [2.75, 3.05) is 27.4 Å². The Morgan fingerprint density at radius 1 is 0.926 bits per heavy atom. The molecule has 8 heteroatoms. The number of ether oxygens (including phenoxy) is 3. The molecule has 1 rings (SSSR count). The molecule has 0 saturated heterocycles. The molecule has 27 heavy (non-hydrogen) atoms. The molecule has 0 spiro atoms. The molecule has 152 valence electrons. The summed E-state index contributed by atoms with van der Waals surface area (Å²) < 4.78 is 16.3. The molecule has 0 aromatic heterocycles. The smallest absolute Gasteiger partial charge is 0.305 e. The largest absolute Gasteiger partial charge is 0.496 e. The van der Waals surface area contributed by atoms with E-state index in [1.54, 1.807) is 14.2 Å². The van der Waals surface area contributed by atoms with E-state index in [9.17, 15) is 14.9 Å². The van der Waals surface area contributed by atoms with E-state index >= 15 is 0 Å². The number of esters is 1. The van der Waals surface area contributed by atoms with Gasteiger partial charge in [-0.2, -0.15) is 0 Å². The van der Waals surface area contributed by atoms with Gasteiger partial charge in [-0.25, -0.2) is 0 Å². The van der Waals surface area contributed by atoms with Gasteiger partial charge in [0.15, 0.2) is 0 Å². The highest BCUT2D eigenvalue weighted by molar-refractivity contribution is 5.69. The van der Waals surface area contributed by atoms with Crippen LogP contribution >= 0.6 is 0 Å². The number of carbonyl (C=O) groups excluding carboxylic acids is 1. The average molecular weight is 383 g/mol. The average Bonchev–Trinajstić information content (AvgIpc) is 2.62. The second-order valence-electron chi connectivity index (χ2n) is 6.26. The molecule has 0 aliphatic heterocycles. The minimum Gasteiger partial charge on any atom is -0.496 e. The number of nitrogens with zero attached hydrogens (tertiary/aromatic N) is 1. The molecular formula is C19H29NO7. The zero-order valence-electron chi connectivity index (χ0n) is 16.8. The molecule has 0 saturated carbocycles. The van der Waals surface area contributed by atoms with Crippen molar-refractivity contribution in [3.63, 3.8) is 0 Å². The summed E-state index contributed by atoms with van der Waals surface area (Å²) in [6.07, 6.45) is 2.53. The van der Waals surface area contributed by atoms with Gasteiger partial charge in [-0.05, 0) is 63.1 Å². The van der Waals surface area contributed by atoms with Crippen molar-refractivity contribution in [1.29, 1.82) is 0 Å². The maximum Gasteiger partial charge on any atom is 0.305 e. The monoisotopic (exact) mass is 383 g/mol. The van der Waals surface area contributed by atoms with Crippen LogP contribution in [0.25, 0.3) is 0 Å². The van der Waals surface area contributed by atoms with Gasteiger partial charge in [0, 0.05) is 12.0 Å². The van der Waals surface area contributed by atoms with Gasteiger partial charge in [0.2, 0.25) is 0 Å². The molecule has 0 bridgehead atoms. The molecule has 0 aliphatic rings. The number of hydrogen-bond acceptors (Lipinski definition) is 7. The molecule has 0 aliphatic carbocycles. The van der Waals surface area contributed by atoms with E-state index in [0.717, 1.165) is 33.8 Å². The summed E-state index contributed by atoms with van der Waals surface area (Å²) in [4.78, 5) is 25.9. The Labute approximate surface area is 159 Å². The van der Waals surface area contributed by atoms with Crippen LogP contribution in [0.15, 0.2) is 0 Å². The van der Waals surface area contributed by atoms with Crippen LogP contribution in [0.1, 0.15) is 47.9 Å². The maximum absolute atomic E-state index is 11.7. The Balaban J connectivity index is 2.49. The Kier molecular flexibility index (Phi) is 9.39. The predicted octanol–water partition coefficient (Wildman–Crippen LogP) is 3.48. The molecule has 0 unspecified atom stereocenters. The summed E-state index contributed by atoms with van der Waals surface area (Å²) in [5.41, 5.74) is 4.20. The number of methoxy groups -OCH3 is 2. The first-order valence-electron chi connectivity index (χ1n) is 8.97. The van der Waals surface area contributed by atoms with E-state index in [0.29, 0.717) is 32.3 Å². The quantitative estimate of drug-likeness (QED) is 0.236. The van der Waals surface area contributed by atoms with Crippen LogP contribution in [0.3, 0.4) is 0 Å². The summed E-state index contributed by atoms with van der Waals surface area (Å²) in [5.74, 6) is 1.40.